The zero-order valence-electron chi connectivity index (χ0n) is 8.45. The zero-order chi connectivity index (χ0) is 10.6. The Morgan fingerprint density at radius 3 is 2.64 bits per heavy atom. The van der Waals surface area contributed by atoms with E-state index in [0.29, 0.717) is 12.8 Å². The third-order valence-electron chi connectivity index (χ3n) is 2.30. The highest BCUT2D eigenvalue weighted by Gasteiger charge is 2.10. The van der Waals surface area contributed by atoms with Gasteiger partial charge in [0.2, 0.25) is 0 Å². The van der Waals surface area contributed by atoms with Crippen LogP contribution >= 0.6 is 0 Å². The molecule has 0 N–H and O–H groups in total. The van der Waals surface area contributed by atoms with Crippen LogP contribution in [-0.4, -0.2) is 26.2 Å². The molecule has 14 heavy (non-hydrogen) atoms. The summed E-state index contributed by atoms with van der Waals surface area (Å²) in [4.78, 5) is 11.0. The topological polar surface area (TPSA) is 51.2 Å². The zero-order valence-corrected chi connectivity index (χ0v) is 9.27. The predicted octanol–water partition coefficient (Wildman–Crippen LogP) is 1.49. The first-order valence-electron chi connectivity index (χ1n) is 4.87. The predicted molar refractivity (Wildman–Crippen MR) is 55.9 cm³/mol. The summed E-state index contributed by atoms with van der Waals surface area (Å²) in [6.07, 6.45) is 6.84. The van der Waals surface area contributed by atoms with Gasteiger partial charge in [-0.2, -0.15) is 0 Å². The van der Waals surface area contributed by atoms with E-state index in [4.69, 9.17) is 0 Å². The number of allylic oxidation sites excluding steroid dienone is 2. The minimum atomic E-state index is -2.85. The summed E-state index contributed by atoms with van der Waals surface area (Å²) >= 11 is 0. The van der Waals surface area contributed by atoms with E-state index in [0.717, 1.165) is 24.8 Å². The second-order valence-corrected chi connectivity index (χ2v) is 6.12. The fourth-order valence-corrected chi connectivity index (χ4v) is 2.29. The minimum Gasteiger partial charge on any atom is -0.295 e. The molecule has 0 aromatic carbocycles. The maximum atomic E-state index is 11.0. The van der Waals surface area contributed by atoms with Crippen LogP contribution in [-0.2, 0) is 14.6 Å². The molecule has 0 spiro atoms. The number of carbonyl (C=O) groups is 1. The van der Waals surface area contributed by atoms with Crippen LogP contribution in [0.5, 0.6) is 0 Å². The molecule has 0 aliphatic heterocycles. The number of hydrogen-bond donors (Lipinski definition) is 0. The first-order valence-corrected chi connectivity index (χ1v) is 6.93. The lowest BCUT2D eigenvalue weighted by Crippen LogP contribution is -2.06. The molecular weight excluding hydrogens is 200 g/mol. The summed E-state index contributed by atoms with van der Waals surface area (Å²) in [7, 11) is -2.85. The summed E-state index contributed by atoms with van der Waals surface area (Å²) in [5.74, 6) is 0.407. The van der Waals surface area contributed by atoms with E-state index < -0.39 is 9.84 Å². The average molecular weight is 216 g/mol. The highest BCUT2D eigenvalue weighted by Crippen LogP contribution is 2.19. The molecule has 0 saturated carbocycles. The van der Waals surface area contributed by atoms with Crippen molar-refractivity contribution in [2.75, 3.05) is 12.0 Å². The van der Waals surface area contributed by atoms with Crippen molar-refractivity contribution in [1.29, 1.82) is 0 Å². The van der Waals surface area contributed by atoms with Gasteiger partial charge in [0.05, 0.1) is 5.75 Å². The maximum absolute atomic E-state index is 11.0. The SMILES string of the molecule is CS(=O)(=O)CCCC1=CC(=O)CCC1. The molecule has 0 saturated heterocycles. The molecule has 0 aromatic heterocycles. The van der Waals surface area contributed by atoms with Crippen molar-refractivity contribution in [3.63, 3.8) is 0 Å². The van der Waals surface area contributed by atoms with Crippen LogP contribution in [0.2, 0.25) is 0 Å². The maximum Gasteiger partial charge on any atom is 0.155 e. The lowest BCUT2D eigenvalue weighted by molar-refractivity contribution is -0.115. The van der Waals surface area contributed by atoms with Crippen LogP contribution in [0.4, 0.5) is 0 Å². The molecule has 0 bridgehead atoms. The monoisotopic (exact) mass is 216 g/mol. The Kier molecular flexibility index (Phi) is 3.86. The molecular formula is C10H16O3S. The Balaban J connectivity index is 2.35. The van der Waals surface area contributed by atoms with E-state index >= 15 is 0 Å². The average Bonchev–Trinajstić information content (AvgIpc) is 2.01. The van der Waals surface area contributed by atoms with Crippen molar-refractivity contribution in [1.82, 2.24) is 0 Å². The van der Waals surface area contributed by atoms with Gasteiger partial charge < -0.3 is 0 Å². The van der Waals surface area contributed by atoms with E-state index in [2.05, 4.69) is 0 Å². The van der Waals surface area contributed by atoms with Crippen molar-refractivity contribution < 1.29 is 13.2 Å². The third kappa shape index (κ3) is 4.56. The fraction of sp³-hybridized carbons (Fsp3) is 0.700. The van der Waals surface area contributed by atoms with Gasteiger partial charge >= 0.3 is 0 Å². The van der Waals surface area contributed by atoms with Crippen LogP contribution in [0.3, 0.4) is 0 Å². The Labute approximate surface area is 85.1 Å². The second kappa shape index (κ2) is 4.73. The Morgan fingerprint density at radius 2 is 2.07 bits per heavy atom. The summed E-state index contributed by atoms with van der Waals surface area (Å²) < 4.78 is 21.7. The normalized spacial score (nSPS) is 18.1. The van der Waals surface area contributed by atoms with Gasteiger partial charge in [-0.25, -0.2) is 8.42 Å². The van der Waals surface area contributed by atoms with Crippen molar-refractivity contribution in [3.8, 4) is 0 Å². The molecule has 0 fully saturated rings. The Bertz CT molecular complexity index is 338. The second-order valence-electron chi connectivity index (χ2n) is 3.86. The van der Waals surface area contributed by atoms with Gasteiger partial charge in [0, 0.05) is 12.7 Å². The van der Waals surface area contributed by atoms with E-state index in [1.54, 1.807) is 6.08 Å². The molecule has 0 radical (unpaired) electrons. The van der Waals surface area contributed by atoms with Crippen molar-refractivity contribution >= 4 is 15.6 Å². The van der Waals surface area contributed by atoms with Crippen LogP contribution in [0, 0.1) is 0 Å². The van der Waals surface area contributed by atoms with E-state index in [9.17, 15) is 13.2 Å². The number of rotatable bonds is 4. The minimum absolute atomic E-state index is 0.186. The quantitative estimate of drug-likeness (QED) is 0.715. The van der Waals surface area contributed by atoms with E-state index in [-0.39, 0.29) is 11.5 Å². The molecule has 80 valence electrons. The van der Waals surface area contributed by atoms with Crippen LogP contribution < -0.4 is 0 Å². The largest absolute Gasteiger partial charge is 0.295 e. The van der Waals surface area contributed by atoms with Crippen LogP contribution in [0.1, 0.15) is 32.1 Å². The van der Waals surface area contributed by atoms with Crippen LogP contribution in [0.25, 0.3) is 0 Å². The molecule has 0 atom stereocenters. The summed E-state index contributed by atoms with van der Waals surface area (Å²) in [6, 6.07) is 0. The number of sulfone groups is 1. The first-order chi connectivity index (χ1) is 6.47. The molecule has 0 heterocycles. The van der Waals surface area contributed by atoms with E-state index in [1.165, 1.54) is 6.26 Å². The number of hydrogen-bond acceptors (Lipinski definition) is 3. The molecule has 1 aliphatic carbocycles. The fourth-order valence-electron chi connectivity index (χ4n) is 1.62. The summed E-state index contributed by atoms with van der Waals surface area (Å²) in [5.41, 5.74) is 1.12. The van der Waals surface area contributed by atoms with Crippen molar-refractivity contribution in [2.24, 2.45) is 0 Å². The summed E-state index contributed by atoms with van der Waals surface area (Å²) in [5, 5.41) is 0. The smallest absolute Gasteiger partial charge is 0.155 e. The Morgan fingerprint density at radius 1 is 1.36 bits per heavy atom. The molecule has 0 amide bonds. The van der Waals surface area contributed by atoms with Crippen molar-refractivity contribution in [3.05, 3.63) is 11.6 Å². The number of ketones is 1. The molecule has 3 nitrogen and oxygen atoms in total. The van der Waals surface area contributed by atoms with Crippen LogP contribution in [0.15, 0.2) is 11.6 Å². The van der Waals surface area contributed by atoms with Gasteiger partial charge in [-0.3, -0.25) is 4.79 Å². The lowest BCUT2D eigenvalue weighted by Gasteiger charge is -2.11. The van der Waals surface area contributed by atoms with E-state index in [1.807, 2.05) is 0 Å². The lowest BCUT2D eigenvalue weighted by atomic mass is 9.96. The molecule has 4 heteroatoms. The highest BCUT2D eigenvalue weighted by molar-refractivity contribution is 7.90. The van der Waals surface area contributed by atoms with Gasteiger partial charge in [0.25, 0.3) is 0 Å². The van der Waals surface area contributed by atoms with Crippen molar-refractivity contribution in [2.45, 2.75) is 32.1 Å². The van der Waals surface area contributed by atoms with Gasteiger partial charge in [0.15, 0.2) is 5.78 Å². The third-order valence-corrected chi connectivity index (χ3v) is 3.33. The molecule has 1 aliphatic rings. The van der Waals surface area contributed by atoms with Gasteiger partial charge in [-0.1, -0.05) is 5.57 Å². The summed E-state index contributed by atoms with van der Waals surface area (Å²) in [6.45, 7) is 0. The van der Waals surface area contributed by atoms with Gasteiger partial charge in [-0.15, -0.1) is 0 Å². The molecule has 1 rings (SSSR count). The van der Waals surface area contributed by atoms with Gasteiger partial charge in [0.1, 0.15) is 9.84 Å². The standard InChI is InChI=1S/C10H16O3S/c1-14(12,13)7-3-5-9-4-2-6-10(11)8-9/h8H,2-7H2,1H3. The Hall–Kier alpha value is -0.640. The highest BCUT2D eigenvalue weighted by atomic mass is 32.2. The first kappa shape index (κ1) is 11.4. The molecule has 0 unspecified atom stereocenters. The number of carbonyl (C=O) groups excluding carboxylic acids is 1. The molecule has 0 aromatic rings. The van der Waals surface area contributed by atoms with Gasteiger partial charge in [-0.05, 0) is 31.8 Å².